The van der Waals surface area contributed by atoms with E-state index in [9.17, 15) is 0 Å². The first-order valence-electron chi connectivity index (χ1n) is 4.65. The van der Waals surface area contributed by atoms with Gasteiger partial charge in [-0.15, -0.1) is 0 Å². The first kappa shape index (κ1) is 9.65. The average molecular weight is 209 g/mol. The molecule has 2 rings (SSSR count). The summed E-state index contributed by atoms with van der Waals surface area (Å²) < 4.78 is 0. The third kappa shape index (κ3) is 1.54. The molecule has 0 amide bonds. The molecule has 0 spiro atoms. The SMILES string of the molecule is CC(C)(C)C1=CSC2=NC=C(N)CN12. The van der Waals surface area contributed by atoms with Gasteiger partial charge in [-0.1, -0.05) is 32.5 Å². The summed E-state index contributed by atoms with van der Waals surface area (Å²) in [6.07, 6.45) is 1.75. The first-order chi connectivity index (χ1) is 6.48. The van der Waals surface area contributed by atoms with Crippen molar-refractivity contribution in [3.63, 3.8) is 0 Å². The molecule has 4 heteroatoms. The molecule has 2 heterocycles. The van der Waals surface area contributed by atoms with Crippen molar-refractivity contribution in [3.05, 3.63) is 23.0 Å². The molecule has 0 fully saturated rings. The second-order valence-electron chi connectivity index (χ2n) is 4.57. The molecule has 0 aromatic heterocycles. The number of rotatable bonds is 0. The Kier molecular flexibility index (Phi) is 2.10. The van der Waals surface area contributed by atoms with Crippen LogP contribution in [0.2, 0.25) is 0 Å². The maximum Gasteiger partial charge on any atom is 0.172 e. The first-order valence-corrected chi connectivity index (χ1v) is 5.53. The number of allylic oxidation sites excluding steroid dienone is 1. The normalized spacial score (nSPS) is 21.4. The number of aliphatic imine (C=N–C) groups is 1. The minimum absolute atomic E-state index is 0.155. The molecule has 3 nitrogen and oxygen atoms in total. The second-order valence-corrected chi connectivity index (χ2v) is 5.41. The lowest BCUT2D eigenvalue weighted by Crippen LogP contribution is -2.35. The molecule has 0 radical (unpaired) electrons. The van der Waals surface area contributed by atoms with Crippen molar-refractivity contribution >= 4 is 16.9 Å². The van der Waals surface area contributed by atoms with Gasteiger partial charge in [0, 0.05) is 16.8 Å². The van der Waals surface area contributed by atoms with Gasteiger partial charge in [0.2, 0.25) is 0 Å². The zero-order valence-electron chi connectivity index (χ0n) is 8.74. The molecule has 14 heavy (non-hydrogen) atoms. The highest BCUT2D eigenvalue weighted by atomic mass is 32.2. The third-order valence-corrected chi connectivity index (χ3v) is 3.13. The van der Waals surface area contributed by atoms with Gasteiger partial charge >= 0.3 is 0 Å². The van der Waals surface area contributed by atoms with Crippen molar-refractivity contribution in [2.45, 2.75) is 20.8 Å². The van der Waals surface area contributed by atoms with Gasteiger partial charge in [-0.3, -0.25) is 0 Å². The number of hydrogen-bond acceptors (Lipinski definition) is 4. The van der Waals surface area contributed by atoms with Crippen LogP contribution in [0.5, 0.6) is 0 Å². The predicted molar refractivity (Wildman–Crippen MR) is 61.5 cm³/mol. The van der Waals surface area contributed by atoms with E-state index < -0.39 is 0 Å². The molecule has 0 bridgehead atoms. The highest BCUT2D eigenvalue weighted by Crippen LogP contribution is 2.38. The van der Waals surface area contributed by atoms with E-state index in [1.54, 1.807) is 18.0 Å². The lowest BCUT2D eigenvalue weighted by Gasteiger charge is -2.31. The van der Waals surface area contributed by atoms with Crippen LogP contribution >= 0.6 is 11.8 Å². The Labute approximate surface area is 88.8 Å². The molecule has 0 aromatic rings. The van der Waals surface area contributed by atoms with Gasteiger partial charge < -0.3 is 10.6 Å². The smallest absolute Gasteiger partial charge is 0.172 e. The Hall–Kier alpha value is -0.900. The molecule has 0 saturated carbocycles. The number of hydrogen-bond donors (Lipinski definition) is 1. The standard InChI is InChI=1S/C10H15N3S/c1-10(2,3)8-6-14-9-12-4-7(11)5-13(8)9/h4,6H,5,11H2,1-3H3. The highest BCUT2D eigenvalue weighted by Gasteiger charge is 2.32. The van der Waals surface area contributed by atoms with E-state index in [4.69, 9.17) is 5.73 Å². The topological polar surface area (TPSA) is 41.6 Å². The van der Waals surface area contributed by atoms with E-state index in [0.717, 1.165) is 17.4 Å². The number of fused-ring (bicyclic) bond motifs is 1. The maximum absolute atomic E-state index is 5.77. The Morgan fingerprint density at radius 1 is 1.50 bits per heavy atom. The molecule has 2 N–H and O–H groups in total. The summed E-state index contributed by atoms with van der Waals surface area (Å²) in [5.41, 5.74) is 8.06. The van der Waals surface area contributed by atoms with Crippen LogP contribution in [0.25, 0.3) is 0 Å². The van der Waals surface area contributed by atoms with Gasteiger partial charge in [-0.2, -0.15) is 0 Å². The largest absolute Gasteiger partial charge is 0.399 e. The monoisotopic (exact) mass is 209 g/mol. The average Bonchev–Trinajstić information content (AvgIpc) is 2.45. The van der Waals surface area contributed by atoms with Crippen LogP contribution in [-0.4, -0.2) is 16.6 Å². The summed E-state index contributed by atoms with van der Waals surface area (Å²) in [5, 5.41) is 3.22. The van der Waals surface area contributed by atoms with Crippen LogP contribution in [-0.2, 0) is 0 Å². The van der Waals surface area contributed by atoms with Crippen LogP contribution in [0.1, 0.15) is 20.8 Å². The fourth-order valence-corrected chi connectivity index (χ4v) is 2.64. The number of thioether (sulfide) groups is 1. The molecular formula is C10H15N3S. The van der Waals surface area contributed by atoms with E-state index in [1.807, 2.05) is 0 Å². The molecule has 0 unspecified atom stereocenters. The molecule has 0 saturated heterocycles. The predicted octanol–water partition coefficient (Wildman–Crippen LogP) is 2.09. The van der Waals surface area contributed by atoms with Crippen LogP contribution in [0.4, 0.5) is 0 Å². The van der Waals surface area contributed by atoms with Crippen molar-refractivity contribution in [2.75, 3.05) is 6.54 Å². The van der Waals surface area contributed by atoms with Crippen LogP contribution in [0.3, 0.4) is 0 Å². The minimum Gasteiger partial charge on any atom is -0.399 e. The van der Waals surface area contributed by atoms with Crippen molar-refractivity contribution in [1.29, 1.82) is 0 Å². The lowest BCUT2D eigenvalue weighted by molar-refractivity contribution is 0.381. The lowest BCUT2D eigenvalue weighted by atomic mass is 9.92. The zero-order valence-corrected chi connectivity index (χ0v) is 9.56. The van der Waals surface area contributed by atoms with E-state index >= 15 is 0 Å². The summed E-state index contributed by atoms with van der Waals surface area (Å²) in [6, 6.07) is 0. The minimum atomic E-state index is 0.155. The highest BCUT2D eigenvalue weighted by molar-refractivity contribution is 8.16. The van der Waals surface area contributed by atoms with E-state index in [1.165, 1.54) is 5.70 Å². The summed E-state index contributed by atoms with van der Waals surface area (Å²) >= 11 is 1.68. The van der Waals surface area contributed by atoms with Gasteiger partial charge in [-0.25, -0.2) is 4.99 Å². The summed E-state index contributed by atoms with van der Waals surface area (Å²) in [5.74, 6) is 0. The molecule has 2 aliphatic heterocycles. The molecule has 2 aliphatic rings. The quantitative estimate of drug-likeness (QED) is 0.664. The molecule has 0 atom stereocenters. The number of nitrogens with two attached hydrogens (primary N) is 1. The van der Waals surface area contributed by atoms with E-state index in [-0.39, 0.29) is 5.41 Å². The van der Waals surface area contributed by atoms with Crippen molar-refractivity contribution in [1.82, 2.24) is 4.90 Å². The Morgan fingerprint density at radius 2 is 2.21 bits per heavy atom. The third-order valence-electron chi connectivity index (χ3n) is 2.25. The van der Waals surface area contributed by atoms with Gasteiger partial charge in [0.05, 0.1) is 12.7 Å². The number of amidine groups is 1. The Bertz CT molecular complexity index is 347. The Balaban J connectivity index is 2.28. The van der Waals surface area contributed by atoms with E-state index in [2.05, 4.69) is 36.1 Å². The van der Waals surface area contributed by atoms with Crippen LogP contribution in [0.15, 0.2) is 28.0 Å². The molecular weight excluding hydrogens is 194 g/mol. The number of nitrogens with zero attached hydrogens (tertiary/aromatic N) is 2. The van der Waals surface area contributed by atoms with Crippen molar-refractivity contribution in [3.8, 4) is 0 Å². The van der Waals surface area contributed by atoms with Crippen LogP contribution in [0, 0.1) is 5.41 Å². The second kappa shape index (κ2) is 3.05. The van der Waals surface area contributed by atoms with Gasteiger partial charge in [0.1, 0.15) is 0 Å². The fourth-order valence-electron chi connectivity index (χ4n) is 1.53. The summed E-state index contributed by atoms with van der Waals surface area (Å²) in [6.45, 7) is 7.39. The summed E-state index contributed by atoms with van der Waals surface area (Å²) in [7, 11) is 0. The summed E-state index contributed by atoms with van der Waals surface area (Å²) in [4.78, 5) is 6.50. The molecule has 76 valence electrons. The zero-order chi connectivity index (χ0) is 10.3. The maximum atomic E-state index is 5.77. The van der Waals surface area contributed by atoms with E-state index in [0.29, 0.717) is 0 Å². The fraction of sp³-hybridized carbons (Fsp3) is 0.500. The molecule has 0 aliphatic carbocycles. The molecule has 0 aromatic carbocycles. The van der Waals surface area contributed by atoms with Gasteiger partial charge in [0.25, 0.3) is 0 Å². The van der Waals surface area contributed by atoms with Crippen molar-refractivity contribution in [2.24, 2.45) is 16.1 Å². The Morgan fingerprint density at radius 3 is 2.86 bits per heavy atom. The van der Waals surface area contributed by atoms with Gasteiger partial charge in [-0.05, 0) is 5.41 Å². The van der Waals surface area contributed by atoms with Gasteiger partial charge in [0.15, 0.2) is 5.17 Å². The van der Waals surface area contributed by atoms with Crippen molar-refractivity contribution < 1.29 is 0 Å². The van der Waals surface area contributed by atoms with Crippen LogP contribution < -0.4 is 5.73 Å².